The molecule has 2 rings (SSSR count). The molecule has 172 valence electrons. The number of rotatable bonds is 9. The quantitative estimate of drug-likeness (QED) is 0.263. The normalized spacial score (nSPS) is 13.1. The number of hydrogen-bond acceptors (Lipinski definition) is 6. The minimum absolute atomic E-state index is 0.111. The summed E-state index contributed by atoms with van der Waals surface area (Å²) in [5.74, 6) is -2.55. The molecule has 0 saturated heterocycles. The summed E-state index contributed by atoms with van der Waals surface area (Å²) in [6.45, 7) is 3.27. The first-order valence-corrected chi connectivity index (χ1v) is 9.63. The molecule has 0 aliphatic heterocycles. The zero-order valence-electron chi connectivity index (χ0n) is 17.5. The van der Waals surface area contributed by atoms with Crippen molar-refractivity contribution in [2.45, 2.75) is 20.0 Å². The Bertz CT molecular complexity index is 965. The Hall–Kier alpha value is -3.50. The van der Waals surface area contributed by atoms with Crippen molar-refractivity contribution >= 4 is 17.7 Å². The second kappa shape index (κ2) is 11.8. The van der Waals surface area contributed by atoms with Crippen molar-refractivity contribution in [2.24, 2.45) is 5.92 Å². The molecule has 2 atom stereocenters. The van der Waals surface area contributed by atoms with Crippen LogP contribution < -0.4 is 15.5 Å². The maximum atomic E-state index is 13.9. The van der Waals surface area contributed by atoms with E-state index in [2.05, 4.69) is 5.32 Å². The molecule has 2 amide bonds. The van der Waals surface area contributed by atoms with E-state index in [9.17, 15) is 18.4 Å². The van der Waals surface area contributed by atoms with Crippen molar-refractivity contribution in [1.29, 1.82) is 0 Å². The van der Waals surface area contributed by atoms with E-state index in [1.807, 2.05) is 0 Å². The van der Waals surface area contributed by atoms with Crippen LogP contribution in [0.4, 0.5) is 19.3 Å². The van der Waals surface area contributed by atoms with Gasteiger partial charge in [-0.3, -0.25) is 15.3 Å². The van der Waals surface area contributed by atoms with Crippen molar-refractivity contribution in [1.82, 2.24) is 5.48 Å². The van der Waals surface area contributed by atoms with Gasteiger partial charge in [-0.2, -0.15) is 0 Å². The number of anilines is 1. The fourth-order valence-corrected chi connectivity index (χ4v) is 2.83. The van der Waals surface area contributed by atoms with Gasteiger partial charge in [-0.25, -0.2) is 19.1 Å². The summed E-state index contributed by atoms with van der Waals surface area (Å²) in [7, 11) is 0. The van der Waals surface area contributed by atoms with E-state index in [1.165, 1.54) is 5.48 Å². The highest BCUT2D eigenvalue weighted by molar-refractivity contribution is 5.87. The Labute approximate surface area is 183 Å². The molecule has 32 heavy (non-hydrogen) atoms. The molecule has 0 unspecified atom stereocenters. The SMILES string of the molecule is C/C(=C\C(=O)NO)[C@@H](C)[C@H](OC(=O)Nc1ccc(F)cc1F)c1ccc(OCCO)cc1. The molecule has 0 aliphatic rings. The number of nitrogens with one attached hydrogen (secondary N) is 2. The summed E-state index contributed by atoms with van der Waals surface area (Å²) in [5.41, 5.74) is 2.27. The molecule has 0 aliphatic carbocycles. The van der Waals surface area contributed by atoms with E-state index < -0.39 is 35.7 Å². The minimum Gasteiger partial charge on any atom is -0.491 e. The number of hydroxylamine groups is 1. The maximum absolute atomic E-state index is 13.9. The van der Waals surface area contributed by atoms with Crippen LogP contribution >= 0.6 is 0 Å². The van der Waals surface area contributed by atoms with Gasteiger partial charge in [0.05, 0.1) is 12.3 Å². The van der Waals surface area contributed by atoms with E-state index in [4.69, 9.17) is 19.8 Å². The average Bonchev–Trinajstić information content (AvgIpc) is 2.77. The van der Waals surface area contributed by atoms with Crippen molar-refractivity contribution in [3.05, 3.63) is 71.3 Å². The van der Waals surface area contributed by atoms with Crippen molar-refractivity contribution in [3.8, 4) is 5.75 Å². The van der Waals surface area contributed by atoms with Gasteiger partial charge in [-0.15, -0.1) is 0 Å². The van der Waals surface area contributed by atoms with Crippen LogP contribution in [-0.4, -0.2) is 35.5 Å². The second-order valence-corrected chi connectivity index (χ2v) is 6.87. The molecule has 8 nitrogen and oxygen atoms in total. The summed E-state index contributed by atoms with van der Waals surface area (Å²) in [6, 6.07) is 9.19. The summed E-state index contributed by atoms with van der Waals surface area (Å²) < 4.78 is 37.8. The molecule has 0 heterocycles. The molecule has 0 spiro atoms. The topological polar surface area (TPSA) is 117 Å². The molecule has 0 fully saturated rings. The number of benzene rings is 2. The number of hydrogen-bond donors (Lipinski definition) is 4. The fourth-order valence-electron chi connectivity index (χ4n) is 2.83. The molecule has 0 aromatic heterocycles. The molecule has 0 radical (unpaired) electrons. The maximum Gasteiger partial charge on any atom is 0.412 e. The van der Waals surface area contributed by atoms with E-state index in [1.54, 1.807) is 38.1 Å². The van der Waals surface area contributed by atoms with Gasteiger partial charge in [-0.05, 0) is 36.8 Å². The van der Waals surface area contributed by atoms with E-state index in [0.29, 0.717) is 23.0 Å². The smallest absolute Gasteiger partial charge is 0.412 e. The largest absolute Gasteiger partial charge is 0.491 e. The Morgan fingerprint density at radius 3 is 2.44 bits per heavy atom. The molecule has 0 saturated carbocycles. The third-order valence-corrected chi connectivity index (χ3v) is 4.61. The number of aliphatic hydroxyl groups excluding tert-OH is 1. The Morgan fingerprint density at radius 1 is 1.16 bits per heavy atom. The molecular formula is C22H24F2N2O6. The third-order valence-electron chi connectivity index (χ3n) is 4.61. The average molecular weight is 450 g/mol. The van der Waals surface area contributed by atoms with Gasteiger partial charge >= 0.3 is 6.09 Å². The summed E-state index contributed by atoms with van der Waals surface area (Å²) >= 11 is 0. The molecule has 2 aromatic carbocycles. The second-order valence-electron chi connectivity index (χ2n) is 6.87. The van der Waals surface area contributed by atoms with E-state index in [0.717, 1.165) is 18.2 Å². The summed E-state index contributed by atoms with van der Waals surface area (Å²) in [4.78, 5) is 24.0. The van der Waals surface area contributed by atoms with Crippen LogP contribution in [0.25, 0.3) is 0 Å². The highest BCUT2D eigenvalue weighted by Gasteiger charge is 2.26. The summed E-state index contributed by atoms with van der Waals surface area (Å²) in [5, 5.41) is 19.8. The highest BCUT2D eigenvalue weighted by atomic mass is 19.1. The van der Waals surface area contributed by atoms with Crippen LogP contribution in [0.15, 0.2) is 54.1 Å². The Balaban J connectivity index is 2.27. The molecule has 0 bridgehead atoms. The van der Waals surface area contributed by atoms with Crippen LogP contribution in [-0.2, 0) is 9.53 Å². The van der Waals surface area contributed by atoms with E-state index >= 15 is 0 Å². The highest BCUT2D eigenvalue weighted by Crippen LogP contribution is 2.32. The molecule has 10 heteroatoms. The zero-order chi connectivity index (χ0) is 23.7. The molecular weight excluding hydrogens is 426 g/mol. The number of ether oxygens (including phenoxy) is 2. The molecule has 2 aromatic rings. The van der Waals surface area contributed by atoms with Gasteiger partial charge in [0.2, 0.25) is 0 Å². The predicted molar refractivity (Wildman–Crippen MR) is 111 cm³/mol. The van der Waals surface area contributed by atoms with Crippen LogP contribution in [0.5, 0.6) is 5.75 Å². The predicted octanol–water partition coefficient (Wildman–Crippen LogP) is 3.71. The third kappa shape index (κ3) is 7.03. The summed E-state index contributed by atoms with van der Waals surface area (Å²) in [6.07, 6.45) is -0.752. The monoisotopic (exact) mass is 450 g/mol. The van der Waals surface area contributed by atoms with Crippen LogP contribution in [0, 0.1) is 17.6 Å². The Morgan fingerprint density at radius 2 is 1.84 bits per heavy atom. The first-order chi connectivity index (χ1) is 15.2. The molecule has 4 N–H and O–H groups in total. The van der Waals surface area contributed by atoms with Crippen molar-refractivity contribution in [3.63, 3.8) is 0 Å². The number of aliphatic hydroxyl groups is 1. The minimum atomic E-state index is -0.993. The van der Waals surface area contributed by atoms with Gasteiger partial charge in [-0.1, -0.05) is 24.6 Å². The number of carbonyl (C=O) groups excluding carboxylic acids is 2. The first kappa shape index (κ1) is 24.8. The Kier molecular flexibility index (Phi) is 9.11. The van der Waals surface area contributed by atoms with Gasteiger partial charge in [0.1, 0.15) is 30.1 Å². The lowest BCUT2D eigenvalue weighted by Crippen LogP contribution is -2.24. The number of halogens is 2. The lowest BCUT2D eigenvalue weighted by atomic mass is 9.91. The first-order valence-electron chi connectivity index (χ1n) is 9.63. The van der Waals surface area contributed by atoms with Gasteiger partial charge < -0.3 is 14.6 Å². The van der Waals surface area contributed by atoms with Crippen molar-refractivity contribution in [2.75, 3.05) is 18.5 Å². The van der Waals surface area contributed by atoms with Crippen LogP contribution in [0.1, 0.15) is 25.5 Å². The number of carbonyl (C=O) groups is 2. The zero-order valence-corrected chi connectivity index (χ0v) is 17.5. The van der Waals surface area contributed by atoms with Crippen molar-refractivity contribution < 1.29 is 38.2 Å². The fraction of sp³-hybridized carbons (Fsp3) is 0.273. The lowest BCUT2D eigenvalue weighted by molar-refractivity contribution is -0.124. The van der Waals surface area contributed by atoms with E-state index in [-0.39, 0.29) is 18.9 Å². The lowest BCUT2D eigenvalue weighted by Gasteiger charge is -2.25. The standard InChI is InChI=1S/C22H24F2N2O6/c1-13(11-20(28)26-30)14(2)21(15-3-6-17(7-4-15)31-10-9-27)32-22(29)25-19-8-5-16(23)12-18(19)24/h3-8,11-12,14,21,27,30H,9-10H2,1-2H3,(H,25,29)(H,26,28)/b13-11+/t14-,21+/m1/s1. The van der Waals surface area contributed by atoms with Gasteiger partial charge in [0.25, 0.3) is 5.91 Å². The van der Waals surface area contributed by atoms with Gasteiger partial charge in [0.15, 0.2) is 0 Å². The van der Waals surface area contributed by atoms with Gasteiger partial charge in [0, 0.05) is 18.1 Å². The van der Waals surface area contributed by atoms with Crippen LogP contribution in [0.2, 0.25) is 0 Å². The van der Waals surface area contributed by atoms with Crippen LogP contribution in [0.3, 0.4) is 0 Å². The number of amides is 2.